The Kier molecular flexibility index (Phi) is 5.91. The highest BCUT2D eigenvalue weighted by Crippen LogP contribution is 2.24. The Balaban J connectivity index is 1.91. The van der Waals surface area contributed by atoms with Crippen molar-refractivity contribution >= 4 is 33.4 Å². The van der Waals surface area contributed by atoms with E-state index in [1.165, 1.54) is 4.88 Å². The number of rotatable bonds is 3. The number of carbonyl (C=O) groups excluding carboxylic acids is 1. The average Bonchev–Trinajstić information content (AvgIpc) is 2.81. The monoisotopic (exact) mass is 388 g/mol. The zero-order valence-corrected chi connectivity index (χ0v) is 16.1. The standard InChI is InChI=1S/C16H25BrN2O2S/c1-11-13(18-10-12-7-8-14(17)22-12)6-5-9-19(11)15(20)21-16(2,3)4/h7-8,11,13,18H,5-6,9-10H2,1-4H3. The lowest BCUT2D eigenvalue weighted by molar-refractivity contribution is 0.00700. The molecule has 2 unspecified atom stereocenters. The molecule has 1 aliphatic heterocycles. The molecule has 1 amide bonds. The summed E-state index contributed by atoms with van der Waals surface area (Å²) < 4.78 is 6.67. The van der Waals surface area contributed by atoms with Crippen LogP contribution in [-0.4, -0.2) is 35.2 Å². The fourth-order valence-electron chi connectivity index (χ4n) is 2.67. The van der Waals surface area contributed by atoms with Gasteiger partial charge in [-0.1, -0.05) is 0 Å². The maximum absolute atomic E-state index is 12.3. The molecule has 0 aromatic carbocycles. The molecule has 2 heterocycles. The molecule has 2 rings (SSSR count). The zero-order chi connectivity index (χ0) is 16.3. The summed E-state index contributed by atoms with van der Waals surface area (Å²) in [6.07, 6.45) is 1.90. The number of amides is 1. The van der Waals surface area contributed by atoms with Crippen molar-refractivity contribution in [3.05, 3.63) is 20.8 Å². The van der Waals surface area contributed by atoms with Gasteiger partial charge in [0.15, 0.2) is 0 Å². The fourth-order valence-corrected chi connectivity index (χ4v) is 4.11. The van der Waals surface area contributed by atoms with Gasteiger partial charge in [-0.15, -0.1) is 11.3 Å². The molecule has 0 saturated carbocycles. The molecule has 0 bridgehead atoms. The Morgan fingerprint density at radius 2 is 2.23 bits per heavy atom. The largest absolute Gasteiger partial charge is 0.444 e. The average molecular weight is 389 g/mol. The molecule has 124 valence electrons. The molecule has 2 atom stereocenters. The van der Waals surface area contributed by atoms with E-state index < -0.39 is 5.60 Å². The Morgan fingerprint density at radius 1 is 1.50 bits per heavy atom. The third-order valence-electron chi connectivity index (χ3n) is 3.78. The predicted molar refractivity (Wildman–Crippen MR) is 94.3 cm³/mol. The molecule has 4 nitrogen and oxygen atoms in total. The van der Waals surface area contributed by atoms with Gasteiger partial charge in [0, 0.05) is 30.1 Å². The molecule has 22 heavy (non-hydrogen) atoms. The highest BCUT2D eigenvalue weighted by Gasteiger charge is 2.33. The quantitative estimate of drug-likeness (QED) is 0.834. The van der Waals surface area contributed by atoms with Gasteiger partial charge in [-0.05, 0) is 68.6 Å². The molecule has 1 aromatic rings. The first kappa shape index (κ1) is 17.8. The van der Waals surface area contributed by atoms with Crippen molar-refractivity contribution in [2.75, 3.05) is 6.54 Å². The summed E-state index contributed by atoms with van der Waals surface area (Å²) in [5, 5.41) is 3.59. The fraction of sp³-hybridized carbons (Fsp3) is 0.688. The van der Waals surface area contributed by atoms with Crippen LogP contribution in [0.1, 0.15) is 45.4 Å². The predicted octanol–water partition coefficient (Wildman–Crippen LogP) is 4.39. The van der Waals surface area contributed by atoms with E-state index in [0.29, 0.717) is 6.04 Å². The van der Waals surface area contributed by atoms with E-state index in [-0.39, 0.29) is 12.1 Å². The zero-order valence-electron chi connectivity index (χ0n) is 13.7. The lowest BCUT2D eigenvalue weighted by Gasteiger charge is -2.40. The molecule has 1 aliphatic rings. The third kappa shape index (κ3) is 4.96. The number of ether oxygens (including phenoxy) is 1. The molecule has 1 fully saturated rings. The van der Waals surface area contributed by atoms with Crippen LogP contribution in [0.3, 0.4) is 0 Å². The number of piperidine rings is 1. The van der Waals surface area contributed by atoms with Crippen molar-refractivity contribution in [3.63, 3.8) is 0 Å². The van der Waals surface area contributed by atoms with Crippen LogP contribution in [-0.2, 0) is 11.3 Å². The number of carbonyl (C=O) groups is 1. The lowest BCUT2D eigenvalue weighted by atomic mass is 9.98. The first-order chi connectivity index (χ1) is 10.3. The van der Waals surface area contributed by atoms with Crippen molar-refractivity contribution in [2.24, 2.45) is 0 Å². The Bertz CT molecular complexity index is 512. The van der Waals surface area contributed by atoms with Gasteiger partial charge < -0.3 is 15.0 Å². The minimum atomic E-state index is -0.444. The summed E-state index contributed by atoms with van der Waals surface area (Å²) in [4.78, 5) is 15.5. The van der Waals surface area contributed by atoms with E-state index in [0.717, 1.165) is 29.7 Å². The van der Waals surface area contributed by atoms with Crippen molar-refractivity contribution in [1.82, 2.24) is 10.2 Å². The van der Waals surface area contributed by atoms with Crippen LogP contribution in [0.15, 0.2) is 15.9 Å². The van der Waals surface area contributed by atoms with Crippen LogP contribution in [0.25, 0.3) is 0 Å². The summed E-state index contributed by atoms with van der Waals surface area (Å²) in [5.74, 6) is 0. The van der Waals surface area contributed by atoms with Crippen LogP contribution in [0, 0.1) is 0 Å². The molecule has 0 spiro atoms. The first-order valence-electron chi connectivity index (χ1n) is 7.73. The van der Waals surface area contributed by atoms with E-state index in [1.807, 2.05) is 25.7 Å². The SMILES string of the molecule is CC1C(NCc2ccc(Br)s2)CCCN1C(=O)OC(C)(C)C. The van der Waals surface area contributed by atoms with Crippen LogP contribution >= 0.6 is 27.3 Å². The van der Waals surface area contributed by atoms with Crippen LogP contribution < -0.4 is 5.32 Å². The van der Waals surface area contributed by atoms with Gasteiger partial charge in [0.2, 0.25) is 0 Å². The summed E-state index contributed by atoms with van der Waals surface area (Å²) in [7, 11) is 0. The van der Waals surface area contributed by atoms with Gasteiger partial charge >= 0.3 is 6.09 Å². The number of halogens is 1. The number of hydrogen-bond donors (Lipinski definition) is 1. The maximum Gasteiger partial charge on any atom is 0.410 e. The minimum absolute atomic E-state index is 0.145. The summed E-state index contributed by atoms with van der Waals surface area (Å²) in [6.45, 7) is 9.44. The molecule has 1 saturated heterocycles. The Morgan fingerprint density at radius 3 is 2.82 bits per heavy atom. The number of nitrogens with zero attached hydrogens (tertiary/aromatic N) is 1. The molecular weight excluding hydrogens is 364 g/mol. The molecule has 0 radical (unpaired) electrons. The van der Waals surface area contributed by atoms with E-state index in [1.54, 1.807) is 11.3 Å². The highest BCUT2D eigenvalue weighted by atomic mass is 79.9. The second kappa shape index (κ2) is 7.32. The summed E-state index contributed by atoms with van der Waals surface area (Å²) in [5.41, 5.74) is -0.444. The number of thiophene rings is 1. The smallest absolute Gasteiger partial charge is 0.410 e. The third-order valence-corrected chi connectivity index (χ3v) is 5.41. The second-order valence-electron chi connectivity index (χ2n) is 6.75. The van der Waals surface area contributed by atoms with Crippen LogP contribution in [0.5, 0.6) is 0 Å². The van der Waals surface area contributed by atoms with E-state index in [9.17, 15) is 4.79 Å². The van der Waals surface area contributed by atoms with Gasteiger partial charge in [0.1, 0.15) is 5.60 Å². The maximum atomic E-state index is 12.3. The second-order valence-corrected chi connectivity index (χ2v) is 9.30. The van der Waals surface area contributed by atoms with E-state index >= 15 is 0 Å². The van der Waals surface area contributed by atoms with Crippen molar-refractivity contribution in [1.29, 1.82) is 0 Å². The van der Waals surface area contributed by atoms with Gasteiger partial charge in [-0.3, -0.25) is 0 Å². The molecule has 1 aromatic heterocycles. The van der Waals surface area contributed by atoms with Gasteiger partial charge in [-0.2, -0.15) is 0 Å². The normalized spacial score (nSPS) is 22.7. The molecule has 6 heteroatoms. The molecular formula is C16H25BrN2O2S. The van der Waals surface area contributed by atoms with Crippen molar-refractivity contribution in [3.8, 4) is 0 Å². The van der Waals surface area contributed by atoms with Crippen LogP contribution in [0.4, 0.5) is 4.79 Å². The topological polar surface area (TPSA) is 41.6 Å². The van der Waals surface area contributed by atoms with Gasteiger partial charge in [0.05, 0.1) is 3.79 Å². The van der Waals surface area contributed by atoms with Crippen molar-refractivity contribution < 1.29 is 9.53 Å². The number of likely N-dealkylation sites (tertiary alicyclic amines) is 1. The summed E-state index contributed by atoms with van der Waals surface area (Å²) >= 11 is 5.23. The molecule has 1 N–H and O–H groups in total. The lowest BCUT2D eigenvalue weighted by Crippen LogP contribution is -2.55. The first-order valence-corrected chi connectivity index (χ1v) is 9.34. The van der Waals surface area contributed by atoms with E-state index in [2.05, 4.69) is 40.3 Å². The Labute approximate surface area is 145 Å². The van der Waals surface area contributed by atoms with E-state index in [4.69, 9.17) is 4.74 Å². The summed E-state index contributed by atoms with van der Waals surface area (Å²) in [6, 6.07) is 4.65. The number of nitrogens with one attached hydrogen (secondary N) is 1. The highest BCUT2D eigenvalue weighted by molar-refractivity contribution is 9.11. The Hall–Kier alpha value is -0.590. The van der Waals surface area contributed by atoms with Gasteiger partial charge in [-0.25, -0.2) is 4.79 Å². The van der Waals surface area contributed by atoms with Gasteiger partial charge in [0.25, 0.3) is 0 Å². The van der Waals surface area contributed by atoms with Crippen molar-refractivity contribution in [2.45, 2.75) is 64.8 Å². The van der Waals surface area contributed by atoms with Crippen LogP contribution in [0.2, 0.25) is 0 Å². The molecule has 0 aliphatic carbocycles. The number of hydrogen-bond acceptors (Lipinski definition) is 4. The minimum Gasteiger partial charge on any atom is -0.444 e.